The molecule has 3 rings (SSSR count). The highest BCUT2D eigenvalue weighted by atomic mass is 32.2. The molecule has 0 aliphatic rings. The lowest BCUT2D eigenvalue weighted by Crippen LogP contribution is -2.11. The molecule has 0 radical (unpaired) electrons. The number of hydrogen-bond donors (Lipinski definition) is 1. The van der Waals surface area contributed by atoms with E-state index < -0.39 is 21.8 Å². The van der Waals surface area contributed by atoms with Crippen molar-refractivity contribution in [1.82, 2.24) is 0 Å². The first-order valence-corrected chi connectivity index (χ1v) is 9.11. The van der Waals surface area contributed by atoms with Crippen LogP contribution < -0.4 is 5.14 Å². The summed E-state index contributed by atoms with van der Waals surface area (Å²) in [5.74, 6) is 0. The number of sulfonamides is 1. The van der Waals surface area contributed by atoms with Crippen LogP contribution >= 0.6 is 0 Å². The number of alkyl halides is 3. The molecule has 0 aliphatic heterocycles. The van der Waals surface area contributed by atoms with E-state index in [4.69, 9.17) is 5.14 Å². The zero-order chi connectivity index (χ0) is 18.9. The Bertz CT molecular complexity index is 1030. The highest BCUT2D eigenvalue weighted by Gasteiger charge is 2.31. The van der Waals surface area contributed by atoms with Gasteiger partial charge in [-0.25, -0.2) is 13.6 Å². The lowest BCUT2D eigenvalue weighted by molar-refractivity contribution is -0.137. The highest BCUT2D eigenvalue weighted by molar-refractivity contribution is 7.89. The van der Waals surface area contributed by atoms with Crippen molar-refractivity contribution in [2.24, 2.45) is 5.14 Å². The molecule has 0 aromatic heterocycles. The minimum absolute atomic E-state index is 0.102. The highest BCUT2D eigenvalue weighted by Crippen LogP contribution is 2.38. The predicted molar refractivity (Wildman–Crippen MR) is 93.7 cm³/mol. The Balaban J connectivity index is 2.20. The Morgan fingerprint density at radius 2 is 1.31 bits per heavy atom. The Kier molecular flexibility index (Phi) is 4.60. The molecule has 26 heavy (non-hydrogen) atoms. The number of primary sulfonamides is 1. The minimum Gasteiger partial charge on any atom is -0.225 e. The van der Waals surface area contributed by atoms with E-state index in [-0.39, 0.29) is 4.90 Å². The van der Waals surface area contributed by atoms with Crippen LogP contribution in [0.3, 0.4) is 0 Å². The fraction of sp³-hybridized carbons (Fsp3) is 0.0526. The summed E-state index contributed by atoms with van der Waals surface area (Å²) in [6.45, 7) is 0. The van der Waals surface area contributed by atoms with E-state index in [0.29, 0.717) is 16.7 Å². The lowest BCUT2D eigenvalue weighted by atomic mass is 9.93. The molecule has 0 heterocycles. The molecule has 134 valence electrons. The zero-order valence-electron chi connectivity index (χ0n) is 13.4. The van der Waals surface area contributed by atoms with Gasteiger partial charge in [0.15, 0.2) is 0 Å². The van der Waals surface area contributed by atoms with Crippen molar-refractivity contribution in [2.45, 2.75) is 11.1 Å². The number of rotatable bonds is 3. The second-order valence-corrected chi connectivity index (χ2v) is 7.25. The molecule has 0 saturated heterocycles. The molecular weight excluding hydrogens is 363 g/mol. The van der Waals surface area contributed by atoms with Gasteiger partial charge in [0.05, 0.1) is 10.5 Å². The number of hydrogen-bond acceptors (Lipinski definition) is 2. The van der Waals surface area contributed by atoms with Crippen LogP contribution in [0.4, 0.5) is 13.2 Å². The van der Waals surface area contributed by atoms with E-state index >= 15 is 0 Å². The molecule has 0 aliphatic carbocycles. The SMILES string of the molecule is NS(=O)(=O)c1ccc(-c2cc(C(F)(F)F)ccc2-c2ccccc2)cc1. The second-order valence-electron chi connectivity index (χ2n) is 5.69. The molecule has 0 fully saturated rings. The fourth-order valence-electron chi connectivity index (χ4n) is 2.65. The van der Waals surface area contributed by atoms with E-state index in [1.165, 1.54) is 30.3 Å². The first-order chi connectivity index (χ1) is 12.2. The minimum atomic E-state index is -4.48. The Morgan fingerprint density at radius 1 is 0.731 bits per heavy atom. The van der Waals surface area contributed by atoms with Crippen LogP contribution in [0.1, 0.15) is 5.56 Å². The van der Waals surface area contributed by atoms with Gasteiger partial charge >= 0.3 is 6.18 Å². The van der Waals surface area contributed by atoms with Gasteiger partial charge in [-0.2, -0.15) is 13.2 Å². The van der Waals surface area contributed by atoms with Gasteiger partial charge in [-0.3, -0.25) is 0 Å². The Hall–Kier alpha value is -2.64. The maximum Gasteiger partial charge on any atom is 0.416 e. The molecule has 3 nitrogen and oxygen atoms in total. The second kappa shape index (κ2) is 6.59. The Morgan fingerprint density at radius 3 is 1.85 bits per heavy atom. The van der Waals surface area contributed by atoms with Gasteiger partial charge in [0, 0.05) is 0 Å². The monoisotopic (exact) mass is 377 g/mol. The summed E-state index contributed by atoms with van der Waals surface area (Å²) >= 11 is 0. The van der Waals surface area contributed by atoms with Crippen molar-refractivity contribution in [1.29, 1.82) is 0 Å². The maximum absolute atomic E-state index is 13.1. The van der Waals surface area contributed by atoms with E-state index in [1.54, 1.807) is 24.3 Å². The first kappa shape index (κ1) is 18.2. The van der Waals surface area contributed by atoms with Gasteiger partial charge < -0.3 is 0 Å². The molecule has 0 atom stereocenters. The summed E-state index contributed by atoms with van der Waals surface area (Å²) in [4.78, 5) is -0.102. The van der Waals surface area contributed by atoms with Gasteiger partial charge in [0.25, 0.3) is 0 Å². The smallest absolute Gasteiger partial charge is 0.225 e. The zero-order valence-corrected chi connectivity index (χ0v) is 14.2. The van der Waals surface area contributed by atoms with Crippen LogP contribution in [0.25, 0.3) is 22.3 Å². The van der Waals surface area contributed by atoms with Crippen LogP contribution in [-0.2, 0) is 16.2 Å². The van der Waals surface area contributed by atoms with Gasteiger partial charge in [0.1, 0.15) is 0 Å². The standard InChI is InChI=1S/C19H14F3NO2S/c20-19(21,22)15-8-11-17(13-4-2-1-3-5-13)18(12-15)14-6-9-16(10-7-14)26(23,24)25/h1-12H,(H2,23,24,25). The molecule has 0 amide bonds. The van der Waals surface area contributed by atoms with Crippen LogP contribution in [0.15, 0.2) is 77.7 Å². The van der Waals surface area contributed by atoms with Crippen LogP contribution in [-0.4, -0.2) is 8.42 Å². The van der Waals surface area contributed by atoms with Gasteiger partial charge in [-0.05, 0) is 46.5 Å². The van der Waals surface area contributed by atoms with Crippen LogP contribution in [0.5, 0.6) is 0 Å². The number of nitrogens with two attached hydrogens (primary N) is 1. The predicted octanol–water partition coefficient (Wildman–Crippen LogP) is 4.69. The van der Waals surface area contributed by atoms with Crippen molar-refractivity contribution in [3.63, 3.8) is 0 Å². The van der Waals surface area contributed by atoms with Crippen molar-refractivity contribution in [2.75, 3.05) is 0 Å². The normalized spacial score (nSPS) is 12.2. The van der Waals surface area contributed by atoms with E-state index in [0.717, 1.165) is 17.7 Å². The number of benzene rings is 3. The third kappa shape index (κ3) is 3.79. The summed E-state index contributed by atoms with van der Waals surface area (Å²) < 4.78 is 62.2. The third-order valence-electron chi connectivity index (χ3n) is 3.93. The molecule has 3 aromatic carbocycles. The van der Waals surface area contributed by atoms with E-state index in [2.05, 4.69) is 0 Å². The maximum atomic E-state index is 13.1. The van der Waals surface area contributed by atoms with Crippen molar-refractivity contribution >= 4 is 10.0 Å². The summed E-state index contributed by atoms with van der Waals surface area (Å²) in [5, 5.41) is 5.07. The first-order valence-electron chi connectivity index (χ1n) is 7.56. The quantitative estimate of drug-likeness (QED) is 0.720. The summed E-state index contributed by atoms with van der Waals surface area (Å²) in [6.07, 6.45) is -4.48. The van der Waals surface area contributed by atoms with E-state index in [9.17, 15) is 21.6 Å². The molecule has 0 spiro atoms. The molecule has 0 bridgehead atoms. The van der Waals surface area contributed by atoms with Crippen molar-refractivity contribution < 1.29 is 21.6 Å². The van der Waals surface area contributed by atoms with Crippen molar-refractivity contribution in [3.8, 4) is 22.3 Å². The van der Waals surface area contributed by atoms with Gasteiger partial charge in [-0.15, -0.1) is 0 Å². The molecule has 7 heteroatoms. The molecule has 2 N–H and O–H groups in total. The average Bonchev–Trinajstić information content (AvgIpc) is 2.60. The molecule has 0 unspecified atom stereocenters. The van der Waals surface area contributed by atoms with E-state index in [1.807, 2.05) is 6.07 Å². The lowest BCUT2D eigenvalue weighted by Gasteiger charge is -2.14. The fourth-order valence-corrected chi connectivity index (χ4v) is 3.17. The number of halogens is 3. The summed E-state index contributed by atoms with van der Waals surface area (Å²) in [6, 6.07) is 18.0. The van der Waals surface area contributed by atoms with Gasteiger partial charge in [-0.1, -0.05) is 48.5 Å². The molecular formula is C19H14F3NO2S. The topological polar surface area (TPSA) is 60.2 Å². The van der Waals surface area contributed by atoms with Crippen molar-refractivity contribution in [3.05, 3.63) is 78.4 Å². The Labute approximate surface area is 149 Å². The summed E-state index contributed by atoms with van der Waals surface area (Å²) in [5.41, 5.74) is 1.41. The average molecular weight is 377 g/mol. The third-order valence-corrected chi connectivity index (χ3v) is 4.85. The van der Waals surface area contributed by atoms with Gasteiger partial charge in [0.2, 0.25) is 10.0 Å². The largest absolute Gasteiger partial charge is 0.416 e. The summed E-state index contributed by atoms with van der Waals surface area (Å²) in [7, 11) is -3.88. The molecule has 0 saturated carbocycles. The molecule has 3 aromatic rings. The van der Waals surface area contributed by atoms with Crippen LogP contribution in [0.2, 0.25) is 0 Å². The van der Waals surface area contributed by atoms with Crippen LogP contribution in [0, 0.1) is 0 Å².